The summed E-state index contributed by atoms with van der Waals surface area (Å²) in [6, 6.07) is 6.41. The molecule has 0 saturated heterocycles. The number of fused-ring (bicyclic) bond motifs is 1. The van der Waals surface area contributed by atoms with Gasteiger partial charge in [0.15, 0.2) is 11.6 Å². The molecule has 0 aliphatic carbocycles. The highest BCUT2D eigenvalue weighted by molar-refractivity contribution is 6.35. The monoisotopic (exact) mass is 326 g/mol. The summed E-state index contributed by atoms with van der Waals surface area (Å²) in [5, 5.41) is 6.98. The molecular formula is C14H6Cl2F2N2O. The number of hydrogen-bond donors (Lipinski definition) is 1. The van der Waals surface area contributed by atoms with Crippen LogP contribution in [0.1, 0.15) is 0 Å². The van der Waals surface area contributed by atoms with Crippen molar-refractivity contribution in [2.45, 2.75) is 0 Å². The Hall–Kier alpha value is -1.98. The summed E-state index contributed by atoms with van der Waals surface area (Å²) in [4.78, 5) is 11.7. The number of benzene rings is 2. The molecule has 21 heavy (non-hydrogen) atoms. The molecule has 0 unspecified atom stereocenters. The van der Waals surface area contributed by atoms with E-state index in [-0.39, 0.29) is 16.5 Å². The number of hydrogen-bond acceptors (Lipinski definition) is 2. The molecule has 0 fully saturated rings. The van der Waals surface area contributed by atoms with Crippen LogP contribution in [0.25, 0.3) is 22.0 Å². The van der Waals surface area contributed by atoms with Crippen molar-refractivity contribution in [1.29, 1.82) is 0 Å². The van der Waals surface area contributed by atoms with Gasteiger partial charge in [0.2, 0.25) is 0 Å². The fourth-order valence-corrected chi connectivity index (χ4v) is 2.42. The average Bonchev–Trinajstić information content (AvgIpc) is 2.45. The van der Waals surface area contributed by atoms with Gasteiger partial charge in [-0.2, -0.15) is 5.10 Å². The van der Waals surface area contributed by atoms with Gasteiger partial charge in [0.1, 0.15) is 5.69 Å². The molecule has 2 aromatic carbocycles. The van der Waals surface area contributed by atoms with Gasteiger partial charge < -0.3 is 0 Å². The van der Waals surface area contributed by atoms with Crippen LogP contribution in [0.2, 0.25) is 10.0 Å². The van der Waals surface area contributed by atoms with Gasteiger partial charge >= 0.3 is 0 Å². The second kappa shape index (κ2) is 5.09. The van der Waals surface area contributed by atoms with Crippen molar-refractivity contribution in [3.8, 4) is 11.3 Å². The highest BCUT2D eigenvalue weighted by Gasteiger charge is 2.15. The Bertz CT molecular complexity index is 925. The van der Waals surface area contributed by atoms with E-state index in [4.69, 9.17) is 23.2 Å². The maximum absolute atomic E-state index is 13.5. The van der Waals surface area contributed by atoms with Gasteiger partial charge in [-0.3, -0.25) is 4.79 Å². The number of nitrogens with zero attached hydrogens (tertiary/aromatic N) is 1. The van der Waals surface area contributed by atoms with Crippen molar-refractivity contribution < 1.29 is 8.78 Å². The van der Waals surface area contributed by atoms with Gasteiger partial charge in [-0.05, 0) is 30.3 Å². The highest BCUT2D eigenvalue weighted by atomic mass is 35.5. The Balaban J connectivity index is 2.43. The minimum absolute atomic E-state index is 0.0186. The Labute approximate surface area is 127 Å². The van der Waals surface area contributed by atoms with E-state index in [9.17, 15) is 13.6 Å². The molecule has 1 aromatic heterocycles. The van der Waals surface area contributed by atoms with E-state index >= 15 is 0 Å². The molecule has 0 aliphatic heterocycles. The first kappa shape index (κ1) is 14.0. The van der Waals surface area contributed by atoms with Crippen LogP contribution in [0.15, 0.2) is 35.1 Å². The molecule has 3 rings (SSSR count). The van der Waals surface area contributed by atoms with Crippen molar-refractivity contribution in [3.63, 3.8) is 0 Å². The fourth-order valence-electron chi connectivity index (χ4n) is 2.04. The zero-order chi connectivity index (χ0) is 15.1. The maximum Gasteiger partial charge on any atom is 0.272 e. The van der Waals surface area contributed by atoms with E-state index in [1.165, 1.54) is 6.07 Å². The number of aromatic amines is 1. The van der Waals surface area contributed by atoms with Crippen molar-refractivity contribution in [2.24, 2.45) is 0 Å². The van der Waals surface area contributed by atoms with Crippen molar-refractivity contribution in [1.82, 2.24) is 10.2 Å². The number of aromatic nitrogens is 2. The summed E-state index contributed by atoms with van der Waals surface area (Å²) in [5.74, 6) is -2.18. The first-order valence-electron chi connectivity index (χ1n) is 5.80. The summed E-state index contributed by atoms with van der Waals surface area (Å²) in [6.45, 7) is 0. The third kappa shape index (κ3) is 2.39. The molecular weight excluding hydrogens is 321 g/mol. The Morgan fingerprint density at radius 2 is 1.67 bits per heavy atom. The number of rotatable bonds is 1. The van der Waals surface area contributed by atoms with Gasteiger partial charge in [0.05, 0.1) is 10.4 Å². The van der Waals surface area contributed by atoms with Gasteiger partial charge in [0.25, 0.3) is 5.56 Å². The van der Waals surface area contributed by atoms with Crippen LogP contribution in [-0.4, -0.2) is 10.2 Å². The summed E-state index contributed by atoms with van der Waals surface area (Å²) in [5.41, 5.74) is 0.0122. The highest BCUT2D eigenvalue weighted by Crippen LogP contribution is 2.33. The maximum atomic E-state index is 13.5. The minimum atomic E-state index is -1.11. The fraction of sp³-hybridized carbons (Fsp3) is 0. The van der Waals surface area contributed by atoms with Crippen molar-refractivity contribution in [3.05, 3.63) is 62.4 Å². The van der Waals surface area contributed by atoms with E-state index in [2.05, 4.69) is 10.2 Å². The van der Waals surface area contributed by atoms with Crippen LogP contribution >= 0.6 is 23.2 Å². The standard InChI is InChI=1S/C14H6Cl2F2N2O/c15-6-1-2-10(16)9(3-6)13-7-4-11(17)12(18)5-8(7)14(21)20-19-13/h1-5H,(H,20,21). The second-order valence-electron chi connectivity index (χ2n) is 4.34. The number of nitrogens with one attached hydrogen (secondary N) is 1. The minimum Gasteiger partial charge on any atom is -0.267 e. The molecule has 3 nitrogen and oxygen atoms in total. The van der Waals surface area contributed by atoms with E-state index in [1.54, 1.807) is 12.1 Å². The number of halogens is 4. The predicted octanol–water partition coefficient (Wildman–Crippen LogP) is 4.18. The zero-order valence-electron chi connectivity index (χ0n) is 10.3. The summed E-state index contributed by atoms with van der Waals surface area (Å²) in [7, 11) is 0. The third-order valence-electron chi connectivity index (χ3n) is 3.01. The van der Waals surface area contributed by atoms with E-state index in [1.807, 2.05) is 0 Å². The Morgan fingerprint density at radius 1 is 1.00 bits per heavy atom. The van der Waals surface area contributed by atoms with Gasteiger partial charge in [-0.15, -0.1) is 0 Å². The second-order valence-corrected chi connectivity index (χ2v) is 5.18. The largest absolute Gasteiger partial charge is 0.272 e. The first-order valence-corrected chi connectivity index (χ1v) is 6.56. The molecule has 0 saturated carbocycles. The lowest BCUT2D eigenvalue weighted by atomic mass is 10.0. The SMILES string of the molecule is O=c1[nH]nc(-c2cc(Cl)ccc2Cl)c2cc(F)c(F)cc12. The summed E-state index contributed by atoms with van der Waals surface area (Å²) >= 11 is 12.0. The van der Waals surface area contributed by atoms with Gasteiger partial charge in [0, 0.05) is 16.0 Å². The molecule has 0 bridgehead atoms. The van der Waals surface area contributed by atoms with Crippen LogP contribution < -0.4 is 5.56 Å². The van der Waals surface area contributed by atoms with Gasteiger partial charge in [-0.25, -0.2) is 13.9 Å². The molecule has 1 heterocycles. The third-order valence-corrected chi connectivity index (χ3v) is 3.58. The Morgan fingerprint density at radius 3 is 2.38 bits per heavy atom. The van der Waals surface area contributed by atoms with E-state index < -0.39 is 17.2 Å². The lowest BCUT2D eigenvalue weighted by molar-refractivity contribution is 0.511. The summed E-state index contributed by atoms with van der Waals surface area (Å²) < 4.78 is 26.8. The molecule has 1 N–H and O–H groups in total. The van der Waals surface area contributed by atoms with Crippen molar-refractivity contribution in [2.75, 3.05) is 0 Å². The molecule has 106 valence electrons. The molecule has 3 aromatic rings. The zero-order valence-corrected chi connectivity index (χ0v) is 11.8. The van der Waals surface area contributed by atoms with Crippen LogP contribution in [0, 0.1) is 11.6 Å². The van der Waals surface area contributed by atoms with Crippen LogP contribution in [-0.2, 0) is 0 Å². The topological polar surface area (TPSA) is 45.8 Å². The quantitative estimate of drug-likeness (QED) is 0.729. The van der Waals surface area contributed by atoms with Crippen LogP contribution in [0.4, 0.5) is 8.78 Å². The van der Waals surface area contributed by atoms with E-state index in [0.29, 0.717) is 15.6 Å². The normalized spacial score (nSPS) is 11.0. The number of H-pyrrole nitrogens is 1. The average molecular weight is 327 g/mol. The van der Waals surface area contributed by atoms with Crippen LogP contribution in [0.5, 0.6) is 0 Å². The molecule has 0 aliphatic rings. The lowest BCUT2D eigenvalue weighted by Gasteiger charge is -2.08. The first-order chi connectivity index (χ1) is 9.97. The Kier molecular flexibility index (Phi) is 3.39. The summed E-state index contributed by atoms with van der Waals surface area (Å²) in [6.07, 6.45) is 0. The van der Waals surface area contributed by atoms with Crippen molar-refractivity contribution >= 4 is 34.0 Å². The molecule has 0 atom stereocenters. The predicted molar refractivity (Wildman–Crippen MR) is 77.7 cm³/mol. The molecule has 7 heteroatoms. The van der Waals surface area contributed by atoms with E-state index in [0.717, 1.165) is 12.1 Å². The molecule has 0 radical (unpaired) electrons. The van der Waals surface area contributed by atoms with Gasteiger partial charge in [-0.1, -0.05) is 23.2 Å². The lowest BCUT2D eigenvalue weighted by Crippen LogP contribution is -2.10. The molecule has 0 amide bonds. The van der Waals surface area contributed by atoms with Crippen LogP contribution in [0.3, 0.4) is 0 Å². The molecule has 0 spiro atoms. The smallest absolute Gasteiger partial charge is 0.267 e.